The van der Waals surface area contributed by atoms with Gasteiger partial charge in [-0.25, -0.2) is 8.42 Å². The van der Waals surface area contributed by atoms with Crippen molar-refractivity contribution in [3.8, 4) is 5.75 Å². The van der Waals surface area contributed by atoms with E-state index >= 15 is 0 Å². The van der Waals surface area contributed by atoms with Gasteiger partial charge in [0.2, 0.25) is 5.91 Å². The van der Waals surface area contributed by atoms with E-state index in [0.717, 1.165) is 32.2 Å². The van der Waals surface area contributed by atoms with E-state index in [1.807, 2.05) is 11.8 Å². The Morgan fingerprint density at radius 1 is 1.38 bits per heavy atom. The average molecular weight is 354 g/mol. The van der Waals surface area contributed by atoms with Crippen LogP contribution in [-0.2, 0) is 14.6 Å². The van der Waals surface area contributed by atoms with E-state index in [4.69, 9.17) is 10.5 Å². The molecule has 1 saturated heterocycles. The summed E-state index contributed by atoms with van der Waals surface area (Å²) in [7, 11) is -3.21. The number of carbonyl (C=O) groups is 1. The molecule has 0 aliphatic carbocycles. The molecule has 0 radical (unpaired) electrons. The van der Waals surface area contributed by atoms with Gasteiger partial charge in [0.1, 0.15) is 5.75 Å². The minimum atomic E-state index is -3.21. The number of ether oxygens (including phenoxy) is 1. The van der Waals surface area contributed by atoms with Crippen molar-refractivity contribution in [3.63, 3.8) is 0 Å². The quantitative estimate of drug-likeness (QED) is 0.835. The van der Waals surface area contributed by atoms with Crippen LogP contribution in [0.4, 0.5) is 0 Å². The molecule has 6 nitrogen and oxygen atoms in total. The molecule has 1 aromatic rings. The van der Waals surface area contributed by atoms with Gasteiger partial charge < -0.3 is 15.4 Å². The third kappa shape index (κ3) is 5.21. The third-order valence-electron chi connectivity index (χ3n) is 4.39. The van der Waals surface area contributed by atoms with Crippen molar-refractivity contribution < 1.29 is 17.9 Å². The Morgan fingerprint density at radius 2 is 2.04 bits per heavy atom. The number of hydrogen-bond donors (Lipinski definition) is 1. The molecule has 0 aromatic heterocycles. The number of hydrogen-bond acceptors (Lipinski definition) is 5. The number of sulfone groups is 1. The minimum Gasteiger partial charge on any atom is -0.493 e. The lowest BCUT2D eigenvalue weighted by Crippen LogP contribution is -2.45. The van der Waals surface area contributed by atoms with Gasteiger partial charge in [0.15, 0.2) is 9.84 Å². The molecule has 1 amide bonds. The molecule has 0 spiro atoms. The van der Waals surface area contributed by atoms with Crippen LogP contribution in [0.1, 0.15) is 26.2 Å². The Kier molecular flexibility index (Phi) is 6.23. The summed E-state index contributed by atoms with van der Waals surface area (Å²) in [5, 5.41) is 0. The number of benzene rings is 1. The van der Waals surface area contributed by atoms with Gasteiger partial charge in [-0.1, -0.05) is 0 Å². The van der Waals surface area contributed by atoms with Gasteiger partial charge in [-0.05, 0) is 49.9 Å². The fourth-order valence-electron chi connectivity index (χ4n) is 2.86. The summed E-state index contributed by atoms with van der Waals surface area (Å²) >= 11 is 0. The predicted molar refractivity (Wildman–Crippen MR) is 92.6 cm³/mol. The van der Waals surface area contributed by atoms with E-state index in [2.05, 4.69) is 0 Å². The maximum absolute atomic E-state index is 12.3. The lowest BCUT2D eigenvalue weighted by molar-refractivity contribution is -0.133. The molecule has 1 aliphatic rings. The Morgan fingerprint density at radius 3 is 2.62 bits per heavy atom. The first-order chi connectivity index (χ1) is 11.3. The molecule has 1 fully saturated rings. The first-order valence-electron chi connectivity index (χ1n) is 8.23. The molecule has 134 valence electrons. The molecule has 2 unspecified atom stereocenters. The fourth-order valence-corrected chi connectivity index (χ4v) is 3.49. The van der Waals surface area contributed by atoms with E-state index in [-0.39, 0.29) is 23.5 Å². The molecule has 2 rings (SSSR count). The lowest BCUT2D eigenvalue weighted by atomic mass is 9.92. The van der Waals surface area contributed by atoms with Crippen molar-refractivity contribution in [2.45, 2.75) is 37.1 Å². The van der Waals surface area contributed by atoms with Crippen LogP contribution in [0.15, 0.2) is 29.2 Å². The van der Waals surface area contributed by atoms with Crippen LogP contribution >= 0.6 is 0 Å². The zero-order valence-electron chi connectivity index (χ0n) is 14.3. The molecule has 1 aromatic carbocycles. The second kappa shape index (κ2) is 7.98. The first kappa shape index (κ1) is 18.7. The Hall–Kier alpha value is -1.60. The average Bonchev–Trinajstić information content (AvgIpc) is 2.54. The fraction of sp³-hybridized carbons (Fsp3) is 0.588. The van der Waals surface area contributed by atoms with E-state index in [1.165, 1.54) is 12.1 Å². The summed E-state index contributed by atoms with van der Waals surface area (Å²) in [5.74, 6) is 1.00. The molecule has 24 heavy (non-hydrogen) atoms. The van der Waals surface area contributed by atoms with Crippen molar-refractivity contribution in [1.29, 1.82) is 0 Å². The van der Waals surface area contributed by atoms with Crippen LogP contribution in [0, 0.1) is 5.92 Å². The third-order valence-corrected chi connectivity index (χ3v) is 5.52. The summed E-state index contributed by atoms with van der Waals surface area (Å²) in [6.45, 7) is 3.77. The number of rotatable bonds is 6. The molecule has 2 atom stereocenters. The molecule has 2 N–H and O–H groups in total. The van der Waals surface area contributed by atoms with Crippen LogP contribution in [0.5, 0.6) is 5.75 Å². The highest BCUT2D eigenvalue weighted by Crippen LogP contribution is 2.20. The Balaban J connectivity index is 1.80. The lowest BCUT2D eigenvalue weighted by Gasteiger charge is -2.34. The van der Waals surface area contributed by atoms with Gasteiger partial charge >= 0.3 is 0 Å². The molecule has 1 aliphatic heterocycles. The smallest absolute Gasteiger partial charge is 0.226 e. The number of likely N-dealkylation sites (tertiary alicyclic amines) is 1. The number of nitrogens with zero attached hydrogens (tertiary/aromatic N) is 1. The monoisotopic (exact) mass is 354 g/mol. The topological polar surface area (TPSA) is 89.7 Å². The largest absolute Gasteiger partial charge is 0.493 e. The van der Waals surface area contributed by atoms with Gasteiger partial charge in [0.25, 0.3) is 0 Å². The zero-order valence-corrected chi connectivity index (χ0v) is 15.1. The molecule has 0 bridgehead atoms. The van der Waals surface area contributed by atoms with Crippen molar-refractivity contribution in [2.75, 3.05) is 26.0 Å². The number of nitrogens with two attached hydrogens (primary N) is 1. The summed E-state index contributed by atoms with van der Waals surface area (Å²) in [5.41, 5.74) is 5.94. The maximum Gasteiger partial charge on any atom is 0.226 e. The van der Waals surface area contributed by atoms with Gasteiger partial charge in [-0.2, -0.15) is 0 Å². The van der Waals surface area contributed by atoms with Gasteiger partial charge in [-0.3, -0.25) is 4.79 Å². The van der Waals surface area contributed by atoms with E-state index in [0.29, 0.717) is 18.1 Å². The first-order valence-corrected chi connectivity index (χ1v) is 10.1. The summed E-state index contributed by atoms with van der Waals surface area (Å²) < 4.78 is 28.3. The second-order valence-corrected chi connectivity index (χ2v) is 8.46. The van der Waals surface area contributed by atoms with E-state index in [9.17, 15) is 13.2 Å². The highest BCUT2D eigenvalue weighted by Gasteiger charge is 2.25. The summed E-state index contributed by atoms with van der Waals surface area (Å²) in [4.78, 5) is 14.4. The van der Waals surface area contributed by atoms with E-state index in [1.54, 1.807) is 12.1 Å². The van der Waals surface area contributed by atoms with E-state index < -0.39 is 9.84 Å². The molecule has 1 heterocycles. The normalized spacial score (nSPS) is 19.8. The zero-order chi connectivity index (χ0) is 17.7. The van der Waals surface area contributed by atoms with Crippen LogP contribution in [0.2, 0.25) is 0 Å². The molecular formula is C17H26N2O4S. The van der Waals surface area contributed by atoms with Crippen LogP contribution < -0.4 is 10.5 Å². The summed E-state index contributed by atoms with van der Waals surface area (Å²) in [6.07, 6.45) is 3.53. The van der Waals surface area contributed by atoms with Crippen molar-refractivity contribution >= 4 is 15.7 Å². The van der Waals surface area contributed by atoms with Crippen molar-refractivity contribution in [3.05, 3.63) is 24.3 Å². The number of amides is 1. The summed E-state index contributed by atoms with van der Waals surface area (Å²) in [6, 6.07) is 6.32. The Bertz CT molecular complexity index is 656. The highest BCUT2D eigenvalue weighted by atomic mass is 32.2. The minimum absolute atomic E-state index is 0.0770. The van der Waals surface area contributed by atoms with Crippen molar-refractivity contribution in [1.82, 2.24) is 4.90 Å². The predicted octanol–water partition coefficient (Wildman–Crippen LogP) is 1.44. The number of piperidine rings is 1. The Labute approximate surface area is 143 Å². The molecule has 7 heteroatoms. The standard InChI is InChI=1S/C17H26N2O4S/c1-13(18)14-4-3-10-19(12-14)17(20)9-11-23-15-5-7-16(8-6-15)24(2,21)22/h5-8,13-14H,3-4,9-12,18H2,1-2H3. The van der Waals surface area contributed by atoms with Gasteiger partial charge in [0, 0.05) is 25.4 Å². The highest BCUT2D eigenvalue weighted by molar-refractivity contribution is 7.90. The maximum atomic E-state index is 12.3. The SMILES string of the molecule is CC(N)C1CCCN(C(=O)CCOc2ccc(S(C)(=O)=O)cc2)C1. The molecular weight excluding hydrogens is 328 g/mol. The van der Waals surface area contributed by atoms with Crippen LogP contribution in [0.25, 0.3) is 0 Å². The van der Waals surface area contributed by atoms with Gasteiger partial charge in [-0.15, -0.1) is 0 Å². The number of carbonyl (C=O) groups excluding carboxylic acids is 1. The van der Waals surface area contributed by atoms with Crippen LogP contribution in [0.3, 0.4) is 0 Å². The molecule has 0 saturated carbocycles. The second-order valence-electron chi connectivity index (χ2n) is 6.44. The van der Waals surface area contributed by atoms with Crippen LogP contribution in [-0.4, -0.2) is 51.2 Å². The van der Waals surface area contributed by atoms with Gasteiger partial charge in [0.05, 0.1) is 17.9 Å². The van der Waals surface area contributed by atoms with Crippen molar-refractivity contribution in [2.24, 2.45) is 11.7 Å².